The lowest BCUT2D eigenvalue weighted by Gasteiger charge is -2.09. The van der Waals surface area contributed by atoms with Gasteiger partial charge in [0.2, 0.25) is 5.91 Å². The largest absolute Gasteiger partial charge is 0.397 e. The van der Waals surface area contributed by atoms with E-state index in [0.717, 1.165) is 16.9 Å². The van der Waals surface area contributed by atoms with E-state index in [1.807, 2.05) is 25.1 Å². The Bertz CT molecular complexity index is 350. The second-order valence-corrected chi connectivity index (χ2v) is 3.50. The van der Waals surface area contributed by atoms with Gasteiger partial charge in [-0.1, -0.05) is 6.07 Å². The predicted octanol–water partition coefficient (Wildman–Crippen LogP) is 1.13. The van der Waals surface area contributed by atoms with Crippen molar-refractivity contribution in [2.24, 2.45) is 0 Å². The van der Waals surface area contributed by atoms with E-state index in [1.165, 1.54) is 6.92 Å². The second kappa shape index (κ2) is 5.24. The number of amides is 1. The fraction of sp³-hybridized carbons (Fsp3) is 0.364. The molecule has 0 aliphatic rings. The Morgan fingerprint density at radius 1 is 1.40 bits per heavy atom. The van der Waals surface area contributed by atoms with Gasteiger partial charge in [0.25, 0.3) is 0 Å². The third kappa shape index (κ3) is 3.89. The van der Waals surface area contributed by atoms with Gasteiger partial charge in [0.05, 0.1) is 11.4 Å². The van der Waals surface area contributed by atoms with Gasteiger partial charge in [-0.2, -0.15) is 0 Å². The molecule has 0 spiro atoms. The maximum Gasteiger partial charge on any atom is 0.216 e. The molecule has 0 bridgehead atoms. The van der Waals surface area contributed by atoms with Crippen LogP contribution in [-0.4, -0.2) is 19.0 Å². The molecule has 4 N–H and O–H groups in total. The van der Waals surface area contributed by atoms with Crippen molar-refractivity contribution in [2.75, 3.05) is 24.1 Å². The normalized spacial score (nSPS) is 9.73. The highest BCUT2D eigenvalue weighted by atomic mass is 16.1. The number of nitrogens with one attached hydrogen (secondary N) is 2. The van der Waals surface area contributed by atoms with E-state index < -0.39 is 0 Å². The highest BCUT2D eigenvalue weighted by molar-refractivity contribution is 5.73. The first-order valence-corrected chi connectivity index (χ1v) is 4.94. The van der Waals surface area contributed by atoms with Gasteiger partial charge in [0.15, 0.2) is 0 Å². The summed E-state index contributed by atoms with van der Waals surface area (Å²) in [4.78, 5) is 10.6. The Kier molecular flexibility index (Phi) is 3.97. The first kappa shape index (κ1) is 11.4. The van der Waals surface area contributed by atoms with E-state index in [9.17, 15) is 4.79 Å². The number of hydrogen-bond acceptors (Lipinski definition) is 3. The number of benzene rings is 1. The molecular formula is C11H17N3O. The number of hydrogen-bond donors (Lipinski definition) is 3. The van der Waals surface area contributed by atoms with Gasteiger partial charge in [-0.15, -0.1) is 0 Å². The van der Waals surface area contributed by atoms with Crippen LogP contribution in [0.15, 0.2) is 18.2 Å². The molecular weight excluding hydrogens is 190 g/mol. The Morgan fingerprint density at radius 2 is 2.13 bits per heavy atom. The molecule has 0 aliphatic heterocycles. The lowest BCUT2D eigenvalue weighted by Crippen LogP contribution is -2.26. The van der Waals surface area contributed by atoms with Crippen molar-refractivity contribution >= 4 is 17.3 Å². The van der Waals surface area contributed by atoms with Gasteiger partial charge in [-0.3, -0.25) is 4.79 Å². The first-order chi connectivity index (χ1) is 7.09. The van der Waals surface area contributed by atoms with Crippen LogP contribution in [0.4, 0.5) is 11.4 Å². The van der Waals surface area contributed by atoms with E-state index in [-0.39, 0.29) is 5.91 Å². The molecule has 1 aromatic rings. The Balaban J connectivity index is 2.40. The summed E-state index contributed by atoms with van der Waals surface area (Å²) in [5.74, 6) is -0.0197. The average molecular weight is 207 g/mol. The fourth-order valence-corrected chi connectivity index (χ4v) is 1.28. The number of carbonyl (C=O) groups is 1. The molecule has 0 aliphatic carbocycles. The van der Waals surface area contributed by atoms with Gasteiger partial charge in [0, 0.05) is 20.0 Å². The maximum absolute atomic E-state index is 10.6. The molecule has 0 radical (unpaired) electrons. The first-order valence-electron chi connectivity index (χ1n) is 4.94. The van der Waals surface area contributed by atoms with Gasteiger partial charge in [-0.25, -0.2) is 0 Å². The minimum Gasteiger partial charge on any atom is -0.397 e. The van der Waals surface area contributed by atoms with Crippen molar-refractivity contribution in [2.45, 2.75) is 13.8 Å². The summed E-state index contributed by atoms with van der Waals surface area (Å²) in [6, 6.07) is 5.86. The van der Waals surface area contributed by atoms with Crippen LogP contribution in [0.25, 0.3) is 0 Å². The molecule has 1 amide bonds. The van der Waals surface area contributed by atoms with Crippen LogP contribution in [0.2, 0.25) is 0 Å². The number of nitrogen functional groups attached to an aromatic ring is 1. The van der Waals surface area contributed by atoms with Crippen molar-refractivity contribution in [1.29, 1.82) is 0 Å². The maximum atomic E-state index is 10.6. The molecule has 0 aromatic heterocycles. The molecule has 4 heteroatoms. The topological polar surface area (TPSA) is 67.2 Å². The zero-order valence-corrected chi connectivity index (χ0v) is 9.13. The van der Waals surface area contributed by atoms with Crippen LogP contribution in [0.3, 0.4) is 0 Å². The smallest absolute Gasteiger partial charge is 0.216 e. The molecule has 0 atom stereocenters. The molecule has 1 rings (SSSR count). The van der Waals surface area contributed by atoms with E-state index in [2.05, 4.69) is 10.6 Å². The van der Waals surface area contributed by atoms with E-state index in [0.29, 0.717) is 13.1 Å². The fourth-order valence-electron chi connectivity index (χ4n) is 1.28. The number of nitrogens with two attached hydrogens (primary N) is 1. The predicted molar refractivity (Wildman–Crippen MR) is 62.8 cm³/mol. The Morgan fingerprint density at radius 3 is 2.73 bits per heavy atom. The Labute approximate surface area is 89.9 Å². The molecule has 0 fully saturated rings. The van der Waals surface area contributed by atoms with Crippen molar-refractivity contribution in [3.63, 3.8) is 0 Å². The summed E-state index contributed by atoms with van der Waals surface area (Å²) in [6.45, 7) is 4.77. The van der Waals surface area contributed by atoms with Crippen molar-refractivity contribution < 1.29 is 4.79 Å². The van der Waals surface area contributed by atoms with Crippen molar-refractivity contribution in [1.82, 2.24) is 5.32 Å². The third-order valence-corrected chi connectivity index (χ3v) is 2.02. The summed E-state index contributed by atoms with van der Waals surface area (Å²) in [6.07, 6.45) is 0. The summed E-state index contributed by atoms with van der Waals surface area (Å²) < 4.78 is 0. The van der Waals surface area contributed by atoms with Crippen molar-refractivity contribution in [3.05, 3.63) is 23.8 Å². The molecule has 0 heterocycles. The lowest BCUT2D eigenvalue weighted by molar-refractivity contribution is -0.118. The van der Waals surface area contributed by atoms with Gasteiger partial charge < -0.3 is 16.4 Å². The molecule has 0 saturated heterocycles. The average Bonchev–Trinajstić information content (AvgIpc) is 2.14. The molecule has 0 unspecified atom stereocenters. The van der Waals surface area contributed by atoms with Gasteiger partial charge in [0.1, 0.15) is 0 Å². The number of anilines is 2. The Hall–Kier alpha value is -1.71. The molecule has 82 valence electrons. The minimum absolute atomic E-state index is 0.0197. The summed E-state index contributed by atoms with van der Waals surface area (Å²) in [5, 5.41) is 5.86. The second-order valence-electron chi connectivity index (χ2n) is 3.50. The molecule has 4 nitrogen and oxygen atoms in total. The van der Waals surface area contributed by atoms with E-state index in [1.54, 1.807) is 0 Å². The van der Waals surface area contributed by atoms with E-state index in [4.69, 9.17) is 5.73 Å². The zero-order valence-electron chi connectivity index (χ0n) is 9.13. The number of aryl methyl sites for hydroxylation is 1. The van der Waals surface area contributed by atoms with Crippen LogP contribution in [0, 0.1) is 6.92 Å². The van der Waals surface area contributed by atoms with Gasteiger partial charge in [-0.05, 0) is 24.6 Å². The minimum atomic E-state index is -0.0197. The monoisotopic (exact) mass is 207 g/mol. The van der Waals surface area contributed by atoms with Crippen molar-refractivity contribution in [3.8, 4) is 0 Å². The molecule has 0 saturated carbocycles. The van der Waals surface area contributed by atoms with E-state index >= 15 is 0 Å². The summed E-state index contributed by atoms with van der Waals surface area (Å²) in [7, 11) is 0. The lowest BCUT2D eigenvalue weighted by atomic mass is 10.2. The van der Waals surface area contributed by atoms with Gasteiger partial charge >= 0.3 is 0 Å². The van der Waals surface area contributed by atoms with Crippen LogP contribution >= 0.6 is 0 Å². The number of carbonyl (C=O) groups excluding carboxylic acids is 1. The molecule has 1 aromatic carbocycles. The number of rotatable bonds is 4. The van der Waals surface area contributed by atoms with Crippen LogP contribution in [0.5, 0.6) is 0 Å². The highest BCUT2D eigenvalue weighted by Gasteiger charge is 1.97. The van der Waals surface area contributed by atoms with Crippen LogP contribution in [0.1, 0.15) is 12.5 Å². The highest BCUT2D eigenvalue weighted by Crippen LogP contribution is 2.18. The zero-order chi connectivity index (χ0) is 11.3. The summed E-state index contributed by atoms with van der Waals surface area (Å²) in [5.41, 5.74) is 8.59. The third-order valence-electron chi connectivity index (χ3n) is 2.02. The summed E-state index contributed by atoms with van der Waals surface area (Å²) >= 11 is 0. The SMILES string of the molecule is CC(=O)NCCNc1ccc(C)cc1N. The van der Waals surface area contributed by atoms with Crippen LogP contribution < -0.4 is 16.4 Å². The quantitative estimate of drug-likeness (QED) is 0.512. The van der Waals surface area contributed by atoms with Crippen LogP contribution in [-0.2, 0) is 4.79 Å². The standard InChI is InChI=1S/C11H17N3O/c1-8-3-4-11(10(12)7-8)14-6-5-13-9(2)15/h3-4,7,14H,5-6,12H2,1-2H3,(H,13,15). The molecule has 15 heavy (non-hydrogen) atoms.